The van der Waals surface area contributed by atoms with Crippen molar-refractivity contribution in [2.24, 2.45) is 11.8 Å². The number of hydrogen-bond acceptors (Lipinski definition) is 2. The molecule has 0 aromatic rings. The fourth-order valence-electron chi connectivity index (χ4n) is 2.76. The molecule has 86 valence electrons. The van der Waals surface area contributed by atoms with Crippen LogP contribution in [0.4, 0.5) is 0 Å². The molecule has 2 unspecified atom stereocenters. The monoisotopic (exact) mass is 210 g/mol. The van der Waals surface area contributed by atoms with E-state index in [9.17, 15) is 0 Å². The zero-order chi connectivity index (χ0) is 10.7. The molecule has 2 aliphatic rings. The van der Waals surface area contributed by atoms with E-state index in [4.69, 9.17) is 10.1 Å². The standard InChI is InChI=1S/C12H22N2O/c1-2-10-3-4-11(9-10)12(13)14-5-7-15-8-6-14/h10-11,13H,2-9H2,1H3. The second kappa shape index (κ2) is 4.97. The molecule has 1 heterocycles. The summed E-state index contributed by atoms with van der Waals surface area (Å²) >= 11 is 0. The first-order valence-corrected chi connectivity index (χ1v) is 6.22. The highest BCUT2D eigenvalue weighted by Crippen LogP contribution is 2.34. The van der Waals surface area contributed by atoms with Gasteiger partial charge in [0.25, 0.3) is 0 Å². The van der Waals surface area contributed by atoms with Crippen LogP contribution in [0.3, 0.4) is 0 Å². The molecule has 0 aromatic heterocycles. The average Bonchev–Trinajstić information content (AvgIpc) is 2.78. The van der Waals surface area contributed by atoms with Crippen molar-refractivity contribution in [2.45, 2.75) is 32.6 Å². The Morgan fingerprint density at radius 1 is 1.33 bits per heavy atom. The molecular weight excluding hydrogens is 188 g/mol. The SMILES string of the molecule is CCC1CCC(C(=N)N2CCOCC2)C1. The number of nitrogens with one attached hydrogen (secondary N) is 1. The lowest BCUT2D eigenvalue weighted by Gasteiger charge is -2.31. The van der Waals surface area contributed by atoms with Crippen molar-refractivity contribution >= 4 is 5.84 Å². The zero-order valence-corrected chi connectivity index (χ0v) is 9.67. The first-order chi connectivity index (χ1) is 7.31. The molecule has 0 aromatic carbocycles. The maximum absolute atomic E-state index is 8.22. The number of amidine groups is 1. The Hall–Kier alpha value is -0.570. The van der Waals surface area contributed by atoms with Crippen LogP contribution in [0, 0.1) is 17.2 Å². The van der Waals surface area contributed by atoms with Crippen molar-refractivity contribution in [3.8, 4) is 0 Å². The molecule has 3 nitrogen and oxygen atoms in total. The van der Waals surface area contributed by atoms with E-state index in [1.807, 2.05) is 0 Å². The van der Waals surface area contributed by atoms with Gasteiger partial charge >= 0.3 is 0 Å². The van der Waals surface area contributed by atoms with E-state index in [0.29, 0.717) is 5.92 Å². The Morgan fingerprint density at radius 3 is 2.67 bits per heavy atom. The fourth-order valence-corrected chi connectivity index (χ4v) is 2.76. The van der Waals surface area contributed by atoms with Crippen LogP contribution < -0.4 is 0 Å². The van der Waals surface area contributed by atoms with Crippen LogP contribution in [-0.4, -0.2) is 37.0 Å². The molecule has 0 bridgehead atoms. The molecule has 0 spiro atoms. The molecule has 1 N–H and O–H groups in total. The van der Waals surface area contributed by atoms with Gasteiger partial charge in [-0.05, 0) is 25.2 Å². The van der Waals surface area contributed by atoms with Gasteiger partial charge in [-0.1, -0.05) is 13.3 Å². The average molecular weight is 210 g/mol. The van der Waals surface area contributed by atoms with Gasteiger partial charge in [-0.25, -0.2) is 0 Å². The number of nitrogens with zero attached hydrogens (tertiary/aromatic N) is 1. The van der Waals surface area contributed by atoms with E-state index in [-0.39, 0.29) is 0 Å². The lowest BCUT2D eigenvalue weighted by atomic mass is 10.0. The smallest absolute Gasteiger partial charge is 0.0991 e. The molecule has 1 saturated carbocycles. The van der Waals surface area contributed by atoms with E-state index >= 15 is 0 Å². The van der Waals surface area contributed by atoms with Gasteiger partial charge in [-0.3, -0.25) is 5.41 Å². The van der Waals surface area contributed by atoms with Gasteiger partial charge in [0.2, 0.25) is 0 Å². The second-order valence-corrected chi connectivity index (χ2v) is 4.77. The molecule has 2 atom stereocenters. The lowest BCUT2D eigenvalue weighted by molar-refractivity contribution is 0.0655. The van der Waals surface area contributed by atoms with Crippen LogP contribution in [0.25, 0.3) is 0 Å². The number of rotatable bonds is 2. The van der Waals surface area contributed by atoms with Crippen molar-refractivity contribution in [1.82, 2.24) is 4.90 Å². The third-order valence-corrected chi connectivity index (χ3v) is 3.86. The van der Waals surface area contributed by atoms with Crippen LogP contribution in [0.15, 0.2) is 0 Å². The minimum Gasteiger partial charge on any atom is -0.378 e. The third kappa shape index (κ3) is 2.51. The van der Waals surface area contributed by atoms with Crippen molar-refractivity contribution < 1.29 is 4.74 Å². The second-order valence-electron chi connectivity index (χ2n) is 4.77. The van der Waals surface area contributed by atoms with Crippen LogP contribution in [-0.2, 0) is 4.74 Å². The van der Waals surface area contributed by atoms with Crippen LogP contribution in [0.2, 0.25) is 0 Å². The van der Waals surface area contributed by atoms with Gasteiger partial charge in [-0.2, -0.15) is 0 Å². The molecule has 2 rings (SSSR count). The van der Waals surface area contributed by atoms with Crippen LogP contribution in [0.5, 0.6) is 0 Å². The Bertz CT molecular complexity index is 224. The van der Waals surface area contributed by atoms with E-state index in [1.165, 1.54) is 25.7 Å². The van der Waals surface area contributed by atoms with Gasteiger partial charge in [0.05, 0.1) is 19.0 Å². The van der Waals surface area contributed by atoms with Crippen molar-refractivity contribution in [2.75, 3.05) is 26.3 Å². The Labute approximate surface area is 92.3 Å². The predicted octanol–water partition coefficient (Wildman–Crippen LogP) is 2.12. The Morgan fingerprint density at radius 2 is 2.07 bits per heavy atom. The van der Waals surface area contributed by atoms with Gasteiger partial charge in [0, 0.05) is 19.0 Å². The van der Waals surface area contributed by atoms with Gasteiger partial charge in [0.15, 0.2) is 0 Å². The molecule has 1 aliphatic carbocycles. The van der Waals surface area contributed by atoms with Crippen molar-refractivity contribution in [3.05, 3.63) is 0 Å². The molecular formula is C12H22N2O. The van der Waals surface area contributed by atoms with Gasteiger partial charge in [-0.15, -0.1) is 0 Å². The summed E-state index contributed by atoms with van der Waals surface area (Å²) in [4.78, 5) is 2.21. The summed E-state index contributed by atoms with van der Waals surface area (Å²) < 4.78 is 5.32. The molecule has 1 saturated heterocycles. The summed E-state index contributed by atoms with van der Waals surface area (Å²) in [5.74, 6) is 2.29. The predicted molar refractivity (Wildman–Crippen MR) is 61.2 cm³/mol. The largest absolute Gasteiger partial charge is 0.378 e. The fraction of sp³-hybridized carbons (Fsp3) is 0.917. The van der Waals surface area contributed by atoms with Crippen LogP contribution >= 0.6 is 0 Å². The number of ether oxygens (including phenoxy) is 1. The molecule has 1 aliphatic heterocycles. The Kier molecular flexibility index (Phi) is 3.62. The molecule has 2 fully saturated rings. The molecule has 3 heteroatoms. The van der Waals surface area contributed by atoms with E-state index < -0.39 is 0 Å². The highest BCUT2D eigenvalue weighted by Gasteiger charge is 2.29. The number of hydrogen-bond donors (Lipinski definition) is 1. The number of morpholine rings is 1. The van der Waals surface area contributed by atoms with E-state index in [2.05, 4.69) is 11.8 Å². The summed E-state index contributed by atoms with van der Waals surface area (Å²) in [5.41, 5.74) is 0. The lowest BCUT2D eigenvalue weighted by Crippen LogP contribution is -2.42. The summed E-state index contributed by atoms with van der Waals surface area (Å²) in [5, 5.41) is 8.22. The molecule has 0 radical (unpaired) electrons. The maximum atomic E-state index is 8.22. The zero-order valence-electron chi connectivity index (χ0n) is 9.67. The topological polar surface area (TPSA) is 36.3 Å². The minimum atomic E-state index is 0.535. The van der Waals surface area contributed by atoms with Crippen molar-refractivity contribution in [1.29, 1.82) is 5.41 Å². The summed E-state index contributed by atoms with van der Waals surface area (Å²) in [7, 11) is 0. The quantitative estimate of drug-likeness (QED) is 0.560. The molecule has 15 heavy (non-hydrogen) atoms. The van der Waals surface area contributed by atoms with E-state index in [0.717, 1.165) is 38.1 Å². The summed E-state index contributed by atoms with van der Waals surface area (Å²) in [6.07, 6.45) is 5.09. The van der Waals surface area contributed by atoms with Crippen molar-refractivity contribution in [3.63, 3.8) is 0 Å². The highest BCUT2D eigenvalue weighted by atomic mass is 16.5. The van der Waals surface area contributed by atoms with Gasteiger partial charge < -0.3 is 9.64 Å². The van der Waals surface area contributed by atoms with Gasteiger partial charge in [0.1, 0.15) is 0 Å². The Balaban J connectivity index is 1.85. The molecule has 0 amide bonds. The summed E-state index contributed by atoms with van der Waals surface area (Å²) in [6, 6.07) is 0. The van der Waals surface area contributed by atoms with Crippen LogP contribution in [0.1, 0.15) is 32.6 Å². The first-order valence-electron chi connectivity index (χ1n) is 6.22. The first kappa shape index (κ1) is 10.9. The third-order valence-electron chi connectivity index (χ3n) is 3.86. The minimum absolute atomic E-state index is 0.535. The normalized spacial score (nSPS) is 31.9. The van der Waals surface area contributed by atoms with E-state index in [1.54, 1.807) is 0 Å². The highest BCUT2D eigenvalue weighted by molar-refractivity contribution is 5.82. The maximum Gasteiger partial charge on any atom is 0.0991 e. The summed E-state index contributed by atoms with van der Waals surface area (Å²) in [6.45, 7) is 5.71.